The lowest BCUT2D eigenvalue weighted by molar-refractivity contribution is -0.142. The molecular formula is C13H19N3O4S. The lowest BCUT2D eigenvalue weighted by Gasteiger charge is -2.22. The second-order valence-corrected chi connectivity index (χ2v) is 5.46. The Kier molecular flexibility index (Phi) is 6.09. The zero-order valence-corrected chi connectivity index (χ0v) is 12.7. The summed E-state index contributed by atoms with van der Waals surface area (Å²) in [6, 6.07) is 0.0396. The fourth-order valence-corrected chi connectivity index (χ4v) is 2.68. The molecule has 1 saturated heterocycles. The molecule has 1 aromatic rings. The van der Waals surface area contributed by atoms with Gasteiger partial charge in [-0.15, -0.1) is 11.3 Å². The van der Waals surface area contributed by atoms with Gasteiger partial charge in [0.1, 0.15) is 0 Å². The number of rotatable bonds is 6. The third-order valence-electron chi connectivity index (χ3n) is 2.86. The molecule has 1 aromatic heterocycles. The number of anilines is 1. The van der Waals surface area contributed by atoms with Crippen LogP contribution in [0.15, 0.2) is 5.38 Å². The largest absolute Gasteiger partial charge is 0.466 e. The number of amides is 1. The van der Waals surface area contributed by atoms with Crippen LogP contribution in [0.5, 0.6) is 0 Å². The van der Waals surface area contributed by atoms with Gasteiger partial charge < -0.3 is 20.1 Å². The van der Waals surface area contributed by atoms with E-state index in [0.29, 0.717) is 37.1 Å². The van der Waals surface area contributed by atoms with Gasteiger partial charge in [-0.2, -0.15) is 0 Å². The molecule has 7 nitrogen and oxygen atoms in total. The van der Waals surface area contributed by atoms with Gasteiger partial charge >= 0.3 is 5.97 Å². The summed E-state index contributed by atoms with van der Waals surface area (Å²) in [5.74, 6) is -0.431. The van der Waals surface area contributed by atoms with Crippen molar-refractivity contribution in [2.24, 2.45) is 0 Å². The summed E-state index contributed by atoms with van der Waals surface area (Å²) in [6.45, 7) is 4.09. The molecule has 0 aromatic carbocycles. The minimum atomic E-state index is -0.316. The molecule has 1 amide bonds. The average molecular weight is 313 g/mol. The maximum absolute atomic E-state index is 11.9. The van der Waals surface area contributed by atoms with Crippen molar-refractivity contribution in [1.82, 2.24) is 10.3 Å². The summed E-state index contributed by atoms with van der Waals surface area (Å²) in [4.78, 5) is 27.4. The van der Waals surface area contributed by atoms with Crippen LogP contribution >= 0.6 is 11.3 Å². The number of esters is 1. The summed E-state index contributed by atoms with van der Waals surface area (Å²) in [6.07, 6.45) is 0.463. The van der Waals surface area contributed by atoms with Gasteiger partial charge in [-0.3, -0.25) is 9.59 Å². The van der Waals surface area contributed by atoms with Crippen molar-refractivity contribution >= 4 is 28.3 Å². The number of aromatic nitrogens is 1. The molecule has 0 saturated carbocycles. The molecule has 2 N–H and O–H groups in total. The van der Waals surface area contributed by atoms with Gasteiger partial charge in [-0.05, 0) is 6.92 Å². The third-order valence-corrected chi connectivity index (χ3v) is 3.67. The predicted octanol–water partition coefficient (Wildman–Crippen LogP) is 0.566. The van der Waals surface area contributed by atoms with Gasteiger partial charge in [0, 0.05) is 24.4 Å². The first-order valence-corrected chi connectivity index (χ1v) is 7.76. The summed E-state index contributed by atoms with van der Waals surface area (Å²) >= 11 is 1.30. The highest BCUT2D eigenvalue weighted by Gasteiger charge is 2.18. The van der Waals surface area contributed by atoms with Crippen LogP contribution in [-0.2, 0) is 25.5 Å². The van der Waals surface area contributed by atoms with Crippen LogP contribution in [0.3, 0.4) is 0 Å². The van der Waals surface area contributed by atoms with Crippen molar-refractivity contribution in [2.75, 3.05) is 31.7 Å². The van der Waals surface area contributed by atoms with E-state index >= 15 is 0 Å². The van der Waals surface area contributed by atoms with E-state index in [4.69, 9.17) is 9.47 Å². The van der Waals surface area contributed by atoms with Gasteiger partial charge in [0.2, 0.25) is 5.91 Å². The van der Waals surface area contributed by atoms with E-state index in [-0.39, 0.29) is 24.3 Å². The van der Waals surface area contributed by atoms with Crippen molar-refractivity contribution in [2.45, 2.75) is 25.8 Å². The molecule has 0 radical (unpaired) electrons. The quantitative estimate of drug-likeness (QED) is 0.746. The monoisotopic (exact) mass is 313 g/mol. The zero-order chi connectivity index (χ0) is 15.1. The van der Waals surface area contributed by atoms with Crippen LogP contribution in [0.25, 0.3) is 0 Å². The van der Waals surface area contributed by atoms with Gasteiger partial charge in [0.05, 0.1) is 31.9 Å². The number of nitrogens with zero attached hydrogens (tertiary/aromatic N) is 1. The predicted molar refractivity (Wildman–Crippen MR) is 78.3 cm³/mol. The minimum Gasteiger partial charge on any atom is -0.466 e. The molecule has 0 spiro atoms. The molecule has 1 unspecified atom stereocenters. The van der Waals surface area contributed by atoms with Crippen LogP contribution in [-0.4, -0.2) is 49.3 Å². The van der Waals surface area contributed by atoms with Crippen LogP contribution in [0.1, 0.15) is 19.0 Å². The highest BCUT2D eigenvalue weighted by molar-refractivity contribution is 7.13. The summed E-state index contributed by atoms with van der Waals surface area (Å²) in [5, 5.41) is 8.19. The fourth-order valence-electron chi connectivity index (χ4n) is 1.95. The lowest BCUT2D eigenvalue weighted by atomic mass is 10.2. The maximum atomic E-state index is 11.9. The molecule has 1 aliphatic heterocycles. The van der Waals surface area contributed by atoms with Gasteiger partial charge in [-0.25, -0.2) is 4.98 Å². The Labute approximate surface area is 127 Å². The first-order chi connectivity index (χ1) is 10.2. The minimum absolute atomic E-state index is 0.0396. The van der Waals surface area contributed by atoms with Crippen molar-refractivity contribution in [3.05, 3.63) is 11.1 Å². The number of hydrogen-bond acceptors (Lipinski definition) is 7. The second-order valence-electron chi connectivity index (χ2n) is 4.60. The van der Waals surface area contributed by atoms with E-state index in [1.807, 2.05) is 0 Å². The molecule has 116 valence electrons. The Morgan fingerprint density at radius 3 is 3.19 bits per heavy atom. The number of carbonyl (C=O) groups is 2. The second kappa shape index (κ2) is 8.06. The zero-order valence-electron chi connectivity index (χ0n) is 11.9. The van der Waals surface area contributed by atoms with Crippen LogP contribution < -0.4 is 10.6 Å². The average Bonchev–Trinajstić information content (AvgIpc) is 2.87. The number of nitrogens with one attached hydrogen (secondary N) is 2. The molecule has 21 heavy (non-hydrogen) atoms. The van der Waals surface area contributed by atoms with Gasteiger partial charge in [0.15, 0.2) is 5.13 Å². The Bertz CT molecular complexity index is 486. The molecule has 0 aliphatic carbocycles. The van der Waals surface area contributed by atoms with E-state index in [1.165, 1.54) is 11.3 Å². The Hall–Kier alpha value is -1.51. The topological polar surface area (TPSA) is 89.5 Å². The molecule has 1 fully saturated rings. The Morgan fingerprint density at radius 1 is 1.62 bits per heavy atom. The Balaban J connectivity index is 1.78. The van der Waals surface area contributed by atoms with E-state index in [1.54, 1.807) is 12.3 Å². The van der Waals surface area contributed by atoms with Gasteiger partial charge in [0.25, 0.3) is 0 Å². The first kappa shape index (κ1) is 15.9. The van der Waals surface area contributed by atoms with Crippen molar-refractivity contribution in [3.63, 3.8) is 0 Å². The van der Waals surface area contributed by atoms with Crippen molar-refractivity contribution in [3.8, 4) is 0 Å². The Morgan fingerprint density at radius 2 is 2.48 bits per heavy atom. The number of carbonyl (C=O) groups excluding carboxylic acids is 2. The SMILES string of the molecule is CCOC(=O)Cc1csc(NC(=O)CC2COCCN2)n1. The van der Waals surface area contributed by atoms with Crippen molar-refractivity contribution in [1.29, 1.82) is 0 Å². The highest BCUT2D eigenvalue weighted by atomic mass is 32.1. The molecule has 1 atom stereocenters. The maximum Gasteiger partial charge on any atom is 0.311 e. The normalized spacial score (nSPS) is 18.2. The lowest BCUT2D eigenvalue weighted by Crippen LogP contribution is -2.43. The standard InChI is InChI=1S/C13H19N3O4S/c1-2-20-12(18)6-10-8-21-13(15-10)16-11(17)5-9-7-19-4-3-14-9/h8-9,14H,2-7H2,1H3,(H,15,16,17). The summed E-state index contributed by atoms with van der Waals surface area (Å²) < 4.78 is 10.1. The number of morpholine rings is 1. The number of hydrogen-bond donors (Lipinski definition) is 2. The van der Waals surface area contributed by atoms with Crippen LogP contribution in [0, 0.1) is 0 Å². The summed E-state index contributed by atoms with van der Waals surface area (Å²) in [7, 11) is 0. The van der Waals surface area contributed by atoms with Crippen LogP contribution in [0.4, 0.5) is 5.13 Å². The smallest absolute Gasteiger partial charge is 0.311 e. The molecule has 8 heteroatoms. The van der Waals surface area contributed by atoms with Crippen molar-refractivity contribution < 1.29 is 19.1 Å². The molecule has 0 bridgehead atoms. The van der Waals surface area contributed by atoms with E-state index in [9.17, 15) is 9.59 Å². The molecule has 1 aliphatic rings. The third kappa shape index (κ3) is 5.41. The van der Waals surface area contributed by atoms with Gasteiger partial charge in [-0.1, -0.05) is 0 Å². The van der Waals surface area contributed by atoms with E-state index in [2.05, 4.69) is 15.6 Å². The molecular weight excluding hydrogens is 294 g/mol. The molecule has 2 rings (SSSR count). The summed E-state index contributed by atoms with van der Waals surface area (Å²) in [5.41, 5.74) is 0.605. The van der Waals surface area contributed by atoms with Crippen LogP contribution in [0.2, 0.25) is 0 Å². The van der Waals surface area contributed by atoms with E-state index in [0.717, 1.165) is 6.54 Å². The molecule has 2 heterocycles. The number of thiazole rings is 1. The van der Waals surface area contributed by atoms with E-state index < -0.39 is 0 Å². The fraction of sp³-hybridized carbons (Fsp3) is 0.615. The number of ether oxygens (including phenoxy) is 2. The highest BCUT2D eigenvalue weighted by Crippen LogP contribution is 2.16. The first-order valence-electron chi connectivity index (χ1n) is 6.88.